The van der Waals surface area contributed by atoms with Gasteiger partial charge < -0.3 is 9.47 Å². The van der Waals surface area contributed by atoms with Gasteiger partial charge in [-0.25, -0.2) is 13.2 Å². The Morgan fingerprint density at radius 2 is 1.52 bits per heavy atom. The van der Waals surface area contributed by atoms with Crippen molar-refractivity contribution in [3.63, 3.8) is 0 Å². The highest BCUT2D eigenvalue weighted by molar-refractivity contribution is 5.87. The van der Waals surface area contributed by atoms with Crippen LogP contribution in [-0.2, 0) is 4.74 Å². The molecule has 3 fully saturated rings. The molecule has 3 aliphatic rings. The molecule has 0 aromatic heterocycles. The van der Waals surface area contributed by atoms with Gasteiger partial charge in [-0.3, -0.25) is 0 Å². The summed E-state index contributed by atoms with van der Waals surface area (Å²) in [4.78, 5) is 0. The Bertz CT molecular complexity index is 1300. The first kappa shape index (κ1) is 29.0. The molecule has 10 heteroatoms. The van der Waals surface area contributed by atoms with E-state index in [1.165, 1.54) is 5.92 Å². The molecule has 1 saturated heterocycles. The van der Waals surface area contributed by atoms with Crippen LogP contribution >= 0.6 is 0 Å². The van der Waals surface area contributed by atoms with Crippen LogP contribution in [0.1, 0.15) is 63.9 Å². The maximum Gasteiger partial charge on any atom is 0.458 e. The van der Waals surface area contributed by atoms with E-state index < -0.39 is 57.7 Å². The number of benzene rings is 2. The second-order valence-electron chi connectivity index (χ2n) is 11.6. The van der Waals surface area contributed by atoms with Crippen LogP contribution in [0.2, 0.25) is 0 Å². The van der Waals surface area contributed by atoms with Crippen LogP contribution in [0.3, 0.4) is 0 Å². The van der Waals surface area contributed by atoms with Crippen molar-refractivity contribution in [1.82, 2.24) is 0 Å². The SMILES string of the molecule is CC1CCC(C2CCC3CC(C(F)(F)Oc4cc(F)c5c(F)c(C#CC(F)(F)F)c(F)cc5c4)CCC3C2)OC1. The maximum atomic E-state index is 15.3. The number of rotatable bonds is 4. The van der Waals surface area contributed by atoms with Crippen LogP contribution in [0.25, 0.3) is 10.8 Å². The van der Waals surface area contributed by atoms with Gasteiger partial charge in [0.05, 0.1) is 23.0 Å². The minimum atomic E-state index is -5.02. The zero-order valence-corrected chi connectivity index (χ0v) is 21.9. The van der Waals surface area contributed by atoms with Gasteiger partial charge in [0.1, 0.15) is 17.4 Å². The Balaban J connectivity index is 1.28. The van der Waals surface area contributed by atoms with E-state index in [1.807, 2.05) is 0 Å². The Morgan fingerprint density at radius 1 is 0.825 bits per heavy atom. The lowest BCUT2D eigenvalue weighted by Crippen LogP contribution is -2.43. The van der Waals surface area contributed by atoms with Gasteiger partial charge in [0.25, 0.3) is 0 Å². The summed E-state index contributed by atoms with van der Waals surface area (Å²) in [5.41, 5.74) is -1.26. The molecular formula is C30H30F8O2. The molecule has 0 radical (unpaired) electrons. The van der Waals surface area contributed by atoms with Crippen LogP contribution < -0.4 is 4.74 Å². The molecule has 2 aliphatic carbocycles. The molecule has 6 atom stereocenters. The van der Waals surface area contributed by atoms with Crippen molar-refractivity contribution in [3.05, 3.63) is 41.2 Å². The number of fused-ring (bicyclic) bond motifs is 2. The third-order valence-corrected chi connectivity index (χ3v) is 8.83. The lowest BCUT2D eigenvalue weighted by molar-refractivity contribution is -0.229. The Morgan fingerprint density at radius 3 is 2.23 bits per heavy atom. The zero-order valence-electron chi connectivity index (χ0n) is 21.9. The van der Waals surface area contributed by atoms with E-state index in [0.29, 0.717) is 36.3 Å². The molecule has 5 rings (SSSR count). The molecule has 1 heterocycles. The maximum absolute atomic E-state index is 15.3. The Labute approximate surface area is 227 Å². The highest BCUT2D eigenvalue weighted by Gasteiger charge is 2.48. The van der Waals surface area contributed by atoms with Gasteiger partial charge in [-0.15, -0.1) is 0 Å². The molecule has 1 aliphatic heterocycles. The van der Waals surface area contributed by atoms with Crippen LogP contribution in [0.5, 0.6) is 5.75 Å². The van der Waals surface area contributed by atoms with E-state index in [-0.39, 0.29) is 24.9 Å². The summed E-state index contributed by atoms with van der Waals surface area (Å²) in [5, 5.41) is -1.34. The smallest absolute Gasteiger partial charge is 0.432 e. The average Bonchev–Trinajstić information content (AvgIpc) is 2.87. The first-order valence-electron chi connectivity index (χ1n) is 13.7. The van der Waals surface area contributed by atoms with Crippen molar-refractivity contribution in [3.8, 4) is 17.6 Å². The minimum Gasteiger partial charge on any atom is -0.432 e. The van der Waals surface area contributed by atoms with E-state index in [0.717, 1.165) is 50.7 Å². The lowest BCUT2D eigenvalue weighted by Gasteiger charge is -2.45. The van der Waals surface area contributed by atoms with Crippen LogP contribution in [0.15, 0.2) is 18.2 Å². The third kappa shape index (κ3) is 6.19. The van der Waals surface area contributed by atoms with Crippen molar-refractivity contribution in [2.24, 2.45) is 29.6 Å². The topological polar surface area (TPSA) is 18.5 Å². The molecule has 2 saturated carbocycles. The first-order chi connectivity index (χ1) is 18.8. The second kappa shape index (κ2) is 11.0. The fourth-order valence-corrected chi connectivity index (χ4v) is 6.78. The van der Waals surface area contributed by atoms with Crippen molar-refractivity contribution in [2.75, 3.05) is 6.61 Å². The summed E-state index contributed by atoms with van der Waals surface area (Å²) >= 11 is 0. The molecule has 2 nitrogen and oxygen atoms in total. The van der Waals surface area contributed by atoms with E-state index in [9.17, 15) is 26.3 Å². The summed E-state index contributed by atoms with van der Waals surface area (Å²) in [7, 11) is 0. The largest absolute Gasteiger partial charge is 0.458 e. The number of alkyl halides is 5. The molecule has 218 valence electrons. The van der Waals surface area contributed by atoms with Crippen LogP contribution in [0.4, 0.5) is 35.1 Å². The average molecular weight is 575 g/mol. The number of hydrogen-bond acceptors (Lipinski definition) is 2. The van der Waals surface area contributed by atoms with E-state index in [1.54, 1.807) is 0 Å². The summed E-state index contributed by atoms with van der Waals surface area (Å²) < 4.78 is 123. The van der Waals surface area contributed by atoms with Crippen LogP contribution in [0, 0.1) is 58.9 Å². The van der Waals surface area contributed by atoms with Gasteiger partial charge in [-0.2, -0.15) is 22.0 Å². The lowest BCUT2D eigenvalue weighted by atomic mass is 9.63. The Hall–Kier alpha value is -2.54. The van der Waals surface area contributed by atoms with E-state index in [4.69, 9.17) is 9.47 Å². The highest BCUT2D eigenvalue weighted by Crippen LogP contribution is 2.50. The summed E-state index contributed by atoms with van der Waals surface area (Å²) in [6.45, 7) is 2.94. The first-order valence-corrected chi connectivity index (χ1v) is 13.7. The number of ether oxygens (including phenoxy) is 2. The second-order valence-corrected chi connectivity index (χ2v) is 11.6. The number of hydrogen-bond donors (Lipinski definition) is 0. The molecule has 40 heavy (non-hydrogen) atoms. The van der Waals surface area contributed by atoms with Gasteiger partial charge >= 0.3 is 12.3 Å². The normalized spacial score (nSPS) is 29.4. The summed E-state index contributed by atoms with van der Waals surface area (Å²) in [6.07, 6.45) is -2.41. The molecular weight excluding hydrogens is 544 g/mol. The van der Waals surface area contributed by atoms with Gasteiger partial charge in [0, 0.05) is 18.6 Å². The summed E-state index contributed by atoms with van der Waals surface area (Å²) in [6, 6.07) is 1.93. The predicted octanol–water partition coefficient (Wildman–Crippen LogP) is 8.79. The Kier molecular flexibility index (Phi) is 7.99. The van der Waals surface area contributed by atoms with Gasteiger partial charge in [0.15, 0.2) is 5.82 Å². The summed E-state index contributed by atoms with van der Waals surface area (Å²) in [5.74, 6) is -2.69. The molecule has 0 amide bonds. The third-order valence-electron chi connectivity index (χ3n) is 8.83. The van der Waals surface area contributed by atoms with Gasteiger partial charge in [-0.1, -0.05) is 12.8 Å². The van der Waals surface area contributed by atoms with Crippen molar-refractivity contribution in [1.29, 1.82) is 0 Å². The minimum absolute atomic E-state index is 0.125. The molecule has 0 bridgehead atoms. The van der Waals surface area contributed by atoms with Crippen molar-refractivity contribution in [2.45, 2.75) is 76.7 Å². The van der Waals surface area contributed by atoms with E-state index in [2.05, 4.69) is 6.92 Å². The fourth-order valence-electron chi connectivity index (χ4n) is 6.78. The predicted molar refractivity (Wildman–Crippen MR) is 132 cm³/mol. The molecule has 2 aromatic rings. The molecule has 0 N–H and O–H groups in total. The fraction of sp³-hybridized carbons (Fsp3) is 0.600. The van der Waals surface area contributed by atoms with Crippen molar-refractivity contribution < 1.29 is 44.6 Å². The van der Waals surface area contributed by atoms with Gasteiger partial charge in [-0.05, 0) is 92.6 Å². The quantitative estimate of drug-likeness (QED) is 0.269. The molecule has 6 unspecified atom stereocenters. The number of halogens is 8. The standard InChI is InChI=1S/C30H30F8O2/c1-16-2-7-26(39-15-16)19-4-3-18-11-21(6-5-17(18)10-19)30(37,38)40-22-12-20-13-24(31)23(8-9-29(34,35)36)28(33)27(20)25(32)14-22/h12-14,16-19,21,26H,2-7,10-11,15H2,1H3. The van der Waals surface area contributed by atoms with E-state index >= 15 is 8.78 Å². The molecule has 2 aromatic carbocycles. The monoisotopic (exact) mass is 574 g/mol. The zero-order chi connectivity index (χ0) is 28.8. The highest BCUT2D eigenvalue weighted by atomic mass is 19.4. The van der Waals surface area contributed by atoms with Crippen molar-refractivity contribution >= 4 is 10.8 Å². The van der Waals surface area contributed by atoms with Gasteiger partial charge in [0.2, 0.25) is 0 Å². The van der Waals surface area contributed by atoms with Crippen LogP contribution in [-0.4, -0.2) is 25.0 Å². The molecule has 0 spiro atoms.